The van der Waals surface area contributed by atoms with Gasteiger partial charge in [-0.05, 0) is 6.42 Å². The Morgan fingerprint density at radius 3 is 3.00 bits per heavy atom. The lowest BCUT2D eigenvalue weighted by atomic mass is 10.1. The number of ether oxygens (including phenoxy) is 1. The number of hydrogen-bond acceptors (Lipinski definition) is 2. The van der Waals surface area contributed by atoms with Crippen LogP contribution in [0.25, 0.3) is 0 Å². The van der Waals surface area contributed by atoms with Crippen LogP contribution in [-0.4, -0.2) is 24.4 Å². The highest BCUT2D eigenvalue weighted by Crippen LogP contribution is 2.06. The quantitative estimate of drug-likeness (QED) is 0.630. The van der Waals surface area contributed by atoms with Crippen LogP contribution in [0.1, 0.15) is 6.42 Å². The molecule has 0 spiro atoms. The molecule has 0 heterocycles. The maximum atomic E-state index is 8.43. The molecular weight excluding hydrogens is 128 g/mol. The highest BCUT2D eigenvalue weighted by Gasteiger charge is 2.02. The van der Waals surface area contributed by atoms with Crippen molar-refractivity contribution in [2.45, 2.75) is 12.5 Å². The minimum Gasteiger partial charge on any atom is -0.394 e. The molecule has 1 aliphatic rings. The van der Waals surface area contributed by atoms with Gasteiger partial charge in [0.15, 0.2) is 0 Å². The molecule has 1 rings (SSSR count). The van der Waals surface area contributed by atoms with Gasteiger partial charge in [-0.2, -0.15) is 0 Å². The van der Waals surface area contributed by atoms with Crippen molar-refractivity contribution in [3.63, 3.8) is 0 Å². The summed E-state index contributed by atoms with van der Waals surface area (Å²) in [5.74, 6) is 0. The van der Waals surface area contributed by atoms with Crippen LogP contribution in [0.3, 0.4) is 0 Å². The Labute approximate surface area is 60.8 Å². The second-order valence-electron chi connectivity index (χ2n) is 2.18. The van der Waals surface area contributed by atoms with E-state index < -0.39 is 0 Å². The lowest BCUT2D eigenvalue weighted by Gasteiger charge is -2.12. The van der Waals surface area contributed by atoms with Crippen LogP contribution < -0.4 is 0 Å². The molecule has 0 aliphatic heterocycles. The Bertz CT molecular complexity index is 138. The molecule has 56 valence electrons. The molecule has 0 aromatic carbocycles. The fourth-order valence-corrected chi connectivity index (χ4v) is 0.886. The second kappa shape index (κ2) is 4.25. The molecule has 1 N–H and O–H groups in total. The van der Waals surface area contributed by atoms with Crippen LogP contribution in [-0.2, 0) is 4.74 Å². The summed E-state index contributed by atoms with van der Waals surface area (Å²) in [5.41, 5.74) is 0. The summed E-state index contributed by atoms with van der Waals surface area (Å²) in [6, 6.07) is 0. The van der Waals surface area contributed by atoms with E-state index in [0.717, 1.165) is 6.42 Å². The smallest absolute Gasteiger partial charge is 0.0794 e. The van der Waals surface area contributed by atoms with E-state index in [-0.39, 0.29) is 12.7 Å². The number of allylic oxidation sites excluding steroid dienone is 2. The fourth-order valence-electron chi connectivity index (χ4n) is 0.886. The summed E-state index contributed by atoms with van der Waals surface area (Å²) < 4.78 is 5.24. The van der Waals surface area contributed by atoms with Crippen molar-refractivity contribution in [1.29, 1.82) is 0 Å². The normalized spacial score (nSPS) is 23.5. The van der Waals surface area contributed by atoms with Gasteiger partial charge in [0.05, 0.1) is 19.3 Å². The molecule has 1 unspecified atom stereocenters. The first kappa shape index (κ1) is 7.51. The Kier molecular flexibility index (Phi) is 3.19. The van der Waals surface area contributed by atoms with Gasteiger partial charge in [0, 0.05) is 0 Å². The molecule has 1 atom stereocenters. The fraction of sp³-hybridized carbons (Fsp3) is 0.500. The third-order valence-corrected chi connectivity index (χ3v) is 1.36. The predicted molar refractivity (Wildman–Crippen MR) is 39.7 cm³/mol. The Morgan fingerprint density at radius 2 is 2.40 bits per heavy atom. The molecule has 0 aromatic rings. The minimum atomic E-state index is 0.105. The van der Waals surface area contributed by atoms with E-state index in [1.165, 1.54) is 0 Å². The molecule has 0 radical (unpaired) electrons. The van der Waals surface area contributed by atoms with Gasteiger partial charge in [-0.1, -0.05) is 24.3 Å². The van der Waals surface area contributed by atoms with Crippen LogP contribution in [0.5, 0.6) is 0 Å². The molecule has 1 aliphatic carbocycles. The van der Waals surface area contributed by atoms with Crippen molar-refractivity contribution in [2.24, 2.45) is 0 Å². The van der Waals surface area contributed by atoms with E-state index in [9.17, 15) is 0 Å². The molecule has 2 nitrogen and oxygen atoms in total. The van der Waals surface area contributed by atoms with Gasteiger partial charge in [0.1, 0.15) is 0 Å². The van der Waals surface area contributed by atoms with E-state index in [2.05, 4.69) is 6.08 Å². The minimum absolute atomic E-state index is 0.105. The Morgan fingerprint density at radius 1 is 1.50 bits per heavy atom. The summed E-state index contributed by atoms with van der Waals surface area (Å²) >= 11 is 0. The van der Waals surface area contributed by atoms with Gasteiger partial charge in [0.25, 0.3) is 0 Å². The molecule has 0 saturated carbocycles. The first-order valence-electron chi connectivity index (χ1n) is 3.49. The standard InChI is InChI=1S/C8H12O2/c9-6-7-10-8-4-2-1-3-5-8/h1-4,8-9H,5-7H2. The first-order chi connectivity index (χ1) is 4.93. The SMILES string of the molecule is OCCOC1C=CC=CC1. The van der Waals surface area contributed by atoms with Gasteiger partial charge in [-0.3, -0.25) is 0 Å². The van der Waals surface area contributed by atoms with Crippen molar-refractivity contribution in [1.82, 2.24) is 0 Å². The molecule has 10 heavy (non-hydrogen) atoms. The van der Waals surface area contributed by atoms with E-state index in [0.29, 0.717) is 6.61 Å². The number of aliphatic hydroxyl groups excluding tert-OH is 1. The number of hydrogen-bond donors (Lipinski definition) is 1. The average molecular weight is 140 g/mol. The van der Waals surface area contributed by atoms with Crippen molar-refractivity contribution in [3.05, 3.63) is 24.3 Å². The van der Waals surface area contributed by atoms with Gasteiger partial charge in [-0.25, -0.2) is 0 Å². The van der Waals surface area contributed by atoms with E-state index in [1.54, 1.807) is 0 Å². The van der Waals surface area contributed by atoms with Gasteiger partial charge in [0.2, 0.25) is 0 Å². The lowest BCUT2D eigenvalue weighted by molar-refractivity contribution is 0.0557. The van der Waals surface area contributed by atoms with Gasteiger partial charge in [-0.15, -0.1) is 0 Å². The van der Waals surface area contributed by atoms with Crippen molar-refractivity contribution in [2.75, 3.05) is 13.2 Å². The zero-order chi connectivity index (χ0) is 7.23. The topological polar surface area (TPSA) is 29.5 Å². The van der Waals surface area contributed by atoms with Gasteiger partial charge < -0.3 is 9.84 Å². The third kappa shape index (κ3) is 2.33. The molecule has 0 fully saturated rings. The van der Waals surface area contributed by atoms with Crippen LogP contribution in [0.2, 0.25) is 0 Å². The van der Waals surface area contributed by atoms with Crippen molar-refractivity contribution >= 4 is 0 Å². The van der Waals surface area contributed by atoms with Crippen LogP contribution in [0, 0.1) is 0 Å². The zero-order valence-electron chi connectivity index (χ0n) is 5.86. The molecule has 0 saturated heterocycles. The monoisotopic (exact) mass is 140 g/mol. The average Bonchev–Trinajstić information content (AvgIpc) is 2.03. The van der Waals surface area contributed by atoms with Crippen molar-refractivity contribution in [3.8, 4) is 0 Å². The van der Waals surface area contributed by atoms with Crippen molar-refractivity contribution < 1.29 is 9.84 Å². The highest BCUT2D eigenvalue weighted by atomic mass is 16.5. The van der Waals surface area contributed by atoms with Crippen LogP contribution in [0.15, 0.2) is 24.3 Å². The summed E-state index contributed by atoms with van der Waals surface area (Å²) in [5, 5.41) is 8.43. The number of rotatable bonds is 3. The first-order valence-corrected chi connectivity index (χ1v) is 3.49. The second-order valence-corrected chi connectivity index (χ2v) is 2.18. The van der Waals surface area contributed by atoms with Crippen LogP contribution in [0.4, 0.5) is 0 Å². The maximum Gasteiger partial charge on any atom is 0.0794 e. The summed E-state index contributed by atoms with van der Waals surface area (Å²) in [7, 11) is 0. The van der Waals surface area contributed by atoms with E-state index in [1.807, 2.05) is 18.2 Å². The lowest BCUT2D eigenvalue weighted by Crippen LogP contribution is -2.12. The Hall–Kier alpha value is -0.600. The van der Waals surface area contributed by atoms with E-state index in [4.69, 9.17) is 9.84 Å². The van der Waals surface area contributed by atoms with E-state index >= 15 is 0 Å². The summed E-state index contributed by atoms with van der Waals surface area (Å²) in [4.78, 5) is 0. The third-order valence-electron chi connectivity index (χ3n) is 1.36. The largest absolute Gasteiger partial charge is 0.394 e. The molecule has 2 heteroatoms. The van der Waals surface area contributed by atoms with Gasteiger partial charge >= 0.3 is 0 Å². The number of aliphatic hydroxyl groups is 1. The summed E-state index contributed by atoms with van der Waals surface area (Å²) in [6.45, 7) is 0.539. The predicted octanol–water partition coefficient (Wildman–Crippen LogP) is 0.880. The highest BCUT2D eigenvalue weighted by molar-refractivity contribution is 5.11. The maximum absolute atomic E-state index is 8.43. The Balaban J connectivity index is 2.17. The molecule has 0 bridgehead atoms. The zero-order valence-corrected chi connectivity index (χ0v) is 5.86. The van der Waals surface area contributed by atoms with Crippen LogP contribution >= 0.6 is 0 Å². The molecule has 0 aromatic heterocycles. The summed E-state index contributed by atoms with van der Waals surface area (Å²) in [6.07, 6.45) is 9.12. The molecule has 0 amide bonds. The molecular formula is C8H12O2.